The largest absolute Gasteiger partial charge is 0.363 e. The first-order valence-corrected chi connectivity index (χ1v) is 9.53. The van der Waals surface area contributed by atoms with E-state index in [1.807, 2.05) is 43.4 Å². The molecule has 0 amide bonds. The molecule has 6 nitrogen and oxygen atoms in total. The average molecular weight is 367 g/mol. The number of rotatable bonds is 5. The van der Waals surface area contributed by atoms with Gasteiger partial charge in [-0.1, -0.05) is 13.8 Å². The van der Waals surface area contributed by atoms with Gasteiger partial charge in [0, 0.05) is 38.6 Å². The van der Waals surface area contributed by atoms with Crippen LogP contribution >= 0.6 is 0 Å². The van der Waals surface area contributed by atoms with E-state index in [-0.39, 0.29) is 5.56 Å². The Balaban J connectivity index is 2.27. The topological polar surface area (TPSA) is 55.4 Å². The third kappa shape index (κ3) is 3.13. The normalized spacial score (nSPS) is 11.6. The lowest BCUT2D eigenvalue weighted by atomic mass is 9.95. The summed E-state index contributed by atoms with van der Waals surface area (Å²) in [6.07, 6.45) is 3.82. The highest BCUT2D eigenvalue weighted by molar-refractivity contribution is 5.64. The lowest BCUT2D eigenvalue weighted by Gasteiger charge is -2.16. The second kappa shape index (κ2) is 7.18. The lowest BCUT2D eigenvalue weighted by Crippen LogP contribution is -2.24. The number of hydrogen-bond donors (Lipinski definition) is 0. The Morgan fingerprint density at radius 2 is 1.81 bits per heavy atom. The number of aromatic nitrogens is 4. The second-order valence-corrected chi connectivity index (χ2v) is 7.45. The number of hydrogen-bond acceptors (Lipinski definition) is 4. The minimum atomic E-state index is -0.00825. The van der Waals surface area contributed by atoms with Crippen LogP contribution in [0.5, 0.6) is 0 Å². The Labute approximate surface area is 160 Å². The summed E-state index contributed by atoms with van der Waals surface area (Å²) in [6, 6.07) is 4.13. The quantitative estimate of drug-likeness (QED) is 0.690. The highest BCUT2D eigenvalue weighted by Gasteiger charge is 2.21. The van der Waals surface area contributed by atoms with Crippen molar-refractivity contribution in [2.45, 2.75) is 46.5 Å². The van der Waals surface area contributed by atoms with Crippen LogP contribution in [0.2, 0.25) is 0 Å². The number of fused-ring (bicyclic) bond motifs is 1. The monoisotopic (exact) mass is 367 g/mol. The highest BCUT2D eigenvalue weighted by Crippen LogP contribution is 2.29. The van der Waals surface area contributed by atoms with Gasteiger partial charge in [0.1, 0.15) is 11.3 Å². The van der Waals surface area contributed by atoms with Crippen molar-refractivity contribution in [3.05, 3.63) is 45.5 Å². The fraction of sp³-hybridized carbons (Fsp3) is 0.476. The van der Waals surface area contributed by atoms with Gasteiger partial charge in [-0.2, -0.15) is 0 Å². The smallest absolute Gasteiger partial charge is 0.278 e. The van der Waals surface area contributed by atoms with Crippen molar-refractivity contribution in [3.8, 4) is 11.4 Å². The highest BCUT2D eigenvalue weighted by atomic mass is 16.1. The van der Waals surface area contributed by atoms with Gasteiger partial charge in [0.2, 0.25) is 0 Å². The molecule has 0 bridgehead atoms. The van der Waals surface area contributed by atoms with Gasteiger partial charge in [0.05, 0.1) is 0 Å². The van der Waals surface area contributed by atoms with Gasteiger partial charge in [-0.05, 0) is 55.9 Å². The molecule has 0 saturated heterocycles. The molecule has 3 rings (SSSR count). The van der Waals surface area contributed by atoms with E-state index in [0.717, 1.165) is 41.0 Å². The zero-order valence-corrected chi connectivity index (χ0v) is 17.4. The van der Waals surface area contributed by atoms with Crippen LogP contribution in [0.1, 0.15) is 49.4 Å². The molecule has 3 heterocycles. The van der Waals surface area contributed by atoms with Crippen LogP contribution in [-0.4, -0.2) is 33.3 Å². The van der Waals surface area contributed by atoms with Crippen LogP contribution in [0, 0.1) is 13.8 Å². The van der Waals surface area contributed by atoms with Crippen LogP contribution in [0.4, 0.5) is 5.82 Å². The maximum absolute atomic E-state index is 13.3. The third-order valence-corrected chi connectivity index (χ3v) is 5.42. The molecule has 0 atom stereocenters. The summed E-state index contributed by atoms with van der Waals surface area (Å²) in [4.78, 5) is 19.7. The zero-order chi connectivity index (χ0) is 19.9. The van der Waals surface area contributed by atoms with Gasteiger partial charge in [-0.15, -0.1) is 5.10 Å². The Kier molecular flexibility index (Phi) is 5.09. The molecule has 0 N–H and O–H groups in total. The molecule has 3 aromatic rings. The molecule has 0 aliphatic rings. The summed E-state index contributed by atoms with van der Waals surface area (Å²) in [7, 11) is 5.72. The van der Waals surface area contributed by atoms with E-state index < -0.39 is 0 Å². The van der Waals surface area contributed by atoms with E-state index in [2.05, 4.69) is 24.9 Å². The minimum absolute atomic E-state index is 0.00825. The molecule has 0 radical (unpaired) electrons. The first kappa shape index (κ1) is 19.1. The van der Waals surface area contributed by atoms with Gasteiger partial charge >= 0.3 is 0 Å². The third-order valence-electron chi connectivity index (χ3n) is 5.42. The summed E-state index contributed by atoms with van der Waals surface area (Å²) in [5.74, 6) is 1.89. The molecule has 144 valence electrons. The molecule has 0 aliphatic carbocycles. The fourth-order valence-corrected chi connectivity index (χ4v) is 3.71. The standard InChI is InChI=1S/C21H29N5O/c1-8-15(9-2)16-11-14(4)26-19(16)21(27)25(7)20(23-26)17-12-22-18(24(5)6)10-13(17)3/h10-12,15H,8-9H2,1-7H3. The Bertz CT molecular complexity index is 1040. The molecule has 6 heteroatoms. The van der Waals surface area contributed by atoms with Crippen molar-refractivity contribution in [2.75, 3.05) is 19.0 Å². The summed E-state index contributed by atoms with van der Waals surface area (Å²) in [5.41, 5.74) is 4.70. The van der Waals surface area contributed by atoms with Gasteiger partial charge < -0.3 is 4.90 Å². The summed E-state index contributed by atoms with van der Waals surface area (Å²) in [6.45, 7) is 8.37. The molecule has 0 saturated carbocycles. The zero-order valence-electron chi connectivity index (χ0n) is 17.4. The molecule has 0 fully saturated rings. The first-order chi connectivity index (χ1) is 12.8. The van der Waals surface area contributed by atoms with Crippen molar-refractivity contribution in [3.63, 3.8) is 0 Å². The summed E-state index contributed by atoms with van der Waals surface area (Å²) < 4.78 is 3.46. The van der Waals surface area contributed by atoms with E-state index >= 15 is 0 Å². The van der Waals surface area contributed by atoms with E-state index in [0.29, 0.717) is 17.3 Å². The molecular formula is C21H29N5O. The molecule has 0 spiro atoms. The Morgan fingerprint density at radius 1 is 1.15 bits per heavy atom. The van der Waals surface area contributed by atoms with Gasteiger partial charge in [0.15, 0.2) is 5.82 Å². The predicted molar refractivity (Wildman–Crippen MR) is 111 cm³/mol. The first-order valence-electron chi connectivity index (χ1n) is 9.53. The average Bonchev–Trinajstić information content (AvgIpc) is 2.96. The van der Waals surface area contributed by atoms with Crippen LogP contribution in [0.25, 0.3) is 16.9 Å². The van der Waals surface area contributed by atoms with Crippen molar-refractivity contribution in [2.24, 2.45) is 7.05 Å². The molecule has 0 aliphatic heterocycles. The van der Waals surface area contributed by atoms with E-state index in [1.54, 1.807) is 17.8 Å². The van der Waals surface area contributed by atoms with Gasteiger partial charge in [-0.3, -0.25) is 9.36 Å². The molecule has 3 aromatic heterocycles. The number of pyridine rings is 1. The van der Waals surface area contributed by atoms with Crippen molar-refractivity contribution in [1.82, 2.24) is 19.2 Å². The van der Waals surface area contributed by atoms with Gasteiger partial charge in [-0.25, -0.2) is 9.50 Å². The van der Waals surface area contributed by atoms with E-state index in [4.69, 9.17) is 5.10 Å². The van der Waals surface area contributed by atoms with Crippen LogP contribution in [-0.2, 0) is 7.05 Å². The van der Waals surface area contributed by atoms with Crippen molar-refractivity contribution in [1.29, 1.82) is 0 Å². The van der Waals surface area contributed by atoms with E-state index in [1.165, 1.54) is 0 Å². The minimum Gasteiger partial charge on any atom is -0.363 e. The predicted octanol–water partition coefficient (Wildman–Crippen LogP) is 3.68. The van der Waals surface area contributed by atoms with Crippen LogP contribution < -0.4 is 10.5 Å². The molecule has 27 heavy (non-hydrogen) atoms. The van der Waals surface area contributed by atoms with Gasteiger partial charge in [0.25, 0.3) is 5.56 Å². The summed E-state index contributed by atoms with van der Waals surface area (Å²) in [5, 5.41) is 4.84. The second-order valence-electron chi connectivity index (χ2n) is 7.45. The van der Waals surface area contributed by atoms with Crippen LogP contribution in [0.3, 0.4) is 0 Å². The Hall–Kier alpha value is -2.63. The van der Waals surface area contributed by atoms with Crippen molar-refractivity contribution < 1.29 is 0 Å². The molecular weight excluding hydrogens is 338 g/mol. The van der Waals surface area contributed by atoms with Crippen LogP contribution in [0.15, 0.2) is 23.1 Å². The van der Waals surface area contributed by atoms with E-state index in [9.17, 15) is 4.79 Å². The Morgan fingerprint density at radius 3 is 2.37 bits per heavy atom. The number of nitrogens with zero attached hydrogens (tertiary/aromatic N) is 5. The maximum Gasteiger partial charge on any atom is 0.278 e. The lowest BCUT2D eigenvalue weighted by molar-refractivity contribution is 0.644. The fourth-order valence-electron chi connectivity index (χ4n) is 3.71. The van der Waals surface area contributed by atoms with Crippen molar-refractivity contribution >= 4 is 11.3 Å². The maximum atomic E-state index is 13.3. The molecule has 0 unspecified atom stereocenters. The summed E-state index contributed by atoms with van der Waals surface area (Å²) >= 11 is 0. The molecule has 0 aromatic carbocycles. The SMILES string of the molecule is CCC(CC)c1cc(C)n2nc(-c3cnc(N(C)C)cc3C)n(C)c(=O)c12. The number of anilines is 1. The number of aryl methyl sites for hydroxylation is 2.